The third kappa shape index (κ3) is 1.36. The van der Waals surface area contributed by atoms with Crippen molar-refractivity contribution in [3.05, 3.63) is 33.8 Å². The van der Waals surface area contributed by atoms with Crippen molar-refractivity contribution in [3.63, 3.8) is 0 Å². The van der Waals surface area contributed by atoms with Crippen molar-refractivity contribution in [2.75, 3.05) is 0 Å². The molecule has 0 bridgehead atoms. The molecule has 1 fully saturated rings. The molecule has 0 atom stereocenters. The molecular formula is C11H13Cl. The van der Waals surface area contributed by atoms with E-state index in [2.05, 4.69) is 26.0 Å². The summed E-state index contributed by atoms with van der Waals surface area (Å²) in [7, 11) is 0. The van der Waals surface area contributed by atoms with E-state index in [1.165, 1.54) is 29.5 Å². The van der Waals surface area contributed by atoms with Crippen LogP contribution in [0.25, 0.3) is 0 Å². The lowest BCUT2D eigenvalue weighted by molar-refractivity contribution is 1.11. The summed E-state index contributed by atoms with van der Waals surface area (Å²) in [5.41, 5.74) is 3.92. The van der Waals surface area contributed by atoms with Gasteiger partial charge in [-0.25, -0.2) is 0 Å². The second-order valence-electron chi connectivity index (χ2n) is 3.74. The Morgan fingerprint density at radius 2 is 1.67 bits per heavy atom. The SMILES string of the molecule is Cc1cc(C2CC2)cc(C)c1Cl. The fourth-order valence-electron chi connectivity index (χ4n) is 1.63. The molecule has 64 valence electrons. The van der Waals surface area contributed by atoms with Gasteiger partial charge in [-0.1, -0.05) is 23.7 Å². The molecule has 0 spiro atoms. The van der Waals surface area contributed by atoms with Crippen molar-refractivity contribution >= 4 is 11.6 Å². The monoisotopic (exact) mass is 180 g/mol. The minimum atomic E-state index is 0.833. The quantitative estimate of drug-likeness (QED) is 0.616. The normalized spacial score (nSPS) is 16.6. The predicted octanol–water partition coefficient (Wildman–Crippen LogP) is 3.83. The molecule has 1 aromatic rings. The number of halogens is 1. The molecule has 1 heteroatoms. The Labute approximate surface area is 78.6 Å². The molecule has 1 aromatic carbocycles. The predicted molar refractivity (Wildman–Crippen MR) is 52.9 cm³/mol. The van der Waals surface area contributed by atoms with Crippen LogP contribution >= 0.6 is 11.6 Å². The first-order valence-corrected chi connectivity index (χ1v) is 4.83. The Balaban J connectivity index is 2.45. The maximum atomic E-state index is 6.07. The van der Waals surface area contributed by atoms with Gasteiger partial charge in [0.25, 0.3) is 0 Å². The van der Waals surface area contributed by atoms with Gasteiger partial charge < -0.3 is 0 Å². The average molecular weight is 181 g/mol. The second-order valence-corrected chi connectivity index (χ2v) is 4.12. The first-order chi connectivity index (χ1) is 5.68. The summed E-state index contributed by atoms with van der Waals surface area (Å²) in [6, 6.07) is 4.46. The van der Waals surface area contributed by atoms with E-state index in [0.29, 0.717) is 0 Å². The third-order valence-corrected chi connectivity index (χ3v) is 3.10. The van der Waals surface area contributed by atoms with Crippen LogP contribution in [0.4, 0.5) is 0 Å². The van der Waals surface area contributed by atoms with Gasteiger partial charge in [-0.2, -0.15) is 0 Å². The van der Waals surface area contributed by atoms with Crippen LogP contribution < -0.4 is 0 Å². The third-order valence-electron chi connectivity index (χ3n) is 2.51. The fraction of sp³-hybridized carbons (Fsp3) is 0.455. The van der Waals surface area contributed by atoms with Gasteiger partial charge in [-0.3, -0.25) is 0 Å². The van der Waals surface area contributed by atoms with Gasteiger partial charge in [0.2, 0.25) is 0 Å². The smallest absolute Gasteiger partial charge is 0.0464 e. The van der Waals surface area contributed by atoms with Crippen molar-refractivity contribution in [1.29, 1.82) is 0 Å². The molecular weight excluding hydrogens is 168 g/mol. The first-order valence-electron chi connectivity index (χ1n) is 4.45. The first kappa shape index (κ1) is 8.12. The fourth-order valence-corrected chi connectivity index (χ4v) is 1.74. The molecule has 0 saturated heterocycles. The van der Waals surface area contributed by atoms with E-state index >= 15 is 0 Å². The summed E-state index contributed by atoms with van der Waals surface area (Å²) in [6.07, 6.45) is 2.72. The summed E-state index contributed by atoms with van der Waals surface area (Å²) in [4.78, 5) is 0. The molecule has 1 aliphatic rings. The summed E-state index contributed by atoms with van der Waals surface area (Å²) < 4.78 is 0. The van der Waals surface area contributed by atoms with Crippen molar-refractivity contribution in [2.24, 2.45) is 0 Å². The topological polar surface area (TPSA) is 0 Å². The number of hydrogen-bond donors (Lipinski definition) is 0. The molecule has 0 nitrogen and oxygen atoms in total. The highest BCUT2D eigenvalue weighted by atomic mass is 35.5. The average Bonchev–Trinajstić information content (AvgIpc) is 2.81. The highest BCUT2D eigenvalue weighted by Crippen LogP contribution is 2.41. The molecule has 0 N–H and O–H groups in total. The lowest BCUT2D eigenvalue weighted by Gasteiger charge is -2.05. The summed E-state index contributed by atoms with van der Waals surface area (Å²) in [5.74, 6) is 0.833. The minimum absolute atomic E-state index is 0.833. The van der Waals surface area contributed by atoms with E-state index in [9.17, 15) is 0 Å². The van der Waals surface area contributed by atoms with Crippen LogP contribution in [0, 0.1) is 13.8 Å². The zero-order valence-electron chi connectivity index (χ0n) is 7.52. The lowest BCUT2D eigenvalue weighted by Crippen LogP contribution is -1.86. The van der Waals surface area contributed by atoms with E-state index in [0.717, 1.165) is 10.9 Å². The molecule has 0 aromatic heterocycles. The van der Waals surface area contributed by atoms with E-state index in [1.807, 2.05) is 0 Å². The minimum Gasteiger partial charge on any atom is -0.0838 e. The Morgan fingerprint density at radius 3 is 2.08 bits per heavy atom. The molecule has 0 heterocycles. The van der Waals surface area contributed by atoms with Gasteiger partial charge in [-0.05, 0) is 49.3 Å². The van der Waals surface area contributed by atoms with Crippen molar-refractivity contribution in [3.8, 4) is 0 Å². The lowest BCUT2D eigenvalue weighted by atomic mass is 10.0. The second kappa shape index (κ2) is 2.77. The molecule has 12 heavy (non-hydrogen) atoms. The van der Waals surface area contributed by atoms with Crippen LogP contribution in [-0.2, 0) is 0 Å². The zero-order chi connectivity index (χ0) is 8.72. The Hall–Kier alpha value is -0.490. The number of rotatable bonds is 1. The molecule has 0 unspecified atom stereocenters. The van der Waals surface area contributed by atoms with E-state index in [1.54, 1.807) is 0 Å². The summed E-state index contributed by atoms with van der Waals surface area (Å²) in [5, 5.41) is 0.930. The Morgan fingerprint density at radius 1 is 1.17 bits per heavy atom. The molecule has 0 aliphatic heterocycles. The maximum Gasteiger partial charge on any atom is 0.0464 e. The molecule has 0 radical (unpaired) electrons. The number of aryl methyl sites for hydroxylation is 2. The number of hydrogen-bond acceptors (Lipinski definition) is 0. The summed E-state index contributed by atoms with van der Waals surface area (Å²) in [6.45, 7) is 4.17. The van der Waals surface area contributed by atoms with Gasteiger partial charge in [0.15, 0.2) is 0 Å². The molecule has 1 saturated carbocycles. The number of benzene rings is 1. The highest BCUT2D eigenvalue weighted by molar-refractivity contribution is 6.32. The van der Waals surface area contributed by atoms with Crippen molar-refractivity contribution in [1.82, 2.24) is 0 Å². The zero-order valence-corrected chi connectivity index (χ0v) is 8.28. The van der Waals surface area contributed by atoms with Gasteiger partial charge >= 0.3 is 0 Å². The van der Waals surface area contributed by atoms with Gasteiger partial charge in [0.05, 0.1) is 0 Å². The Bertz CT molecular complexity index is 288. The van der Waals surface area contributed by atoms with Crippen LogP contribution in [0.15, 0.2) is 12.1 Å². The van der Waals surface area contributed by atoms with Crippen molar-refractivity contribution in [2.45, 2.75) is 32.6 Å². The van der Waals surface area contributed by atoms with Gasteiger partial charge in [-0.15, -0.1) is 0 Å². The van der Waals surface area contributed by atoms with E-state index < -0.39 is 0 Å². The Kier molecular flexibility index (Phi) is 1.88. The maximum absolute atomic E-state index is 6.07. The van der Waals surface area contributed by atoms with Gasteiger partial charge in [0, 0.05) is 5.02 Å². The molecule has 2 rings (SSSR count). The van der Waals surface area contributed by atoms with Crippen LogP contribution in [0.3, 0.4) is 0 Å². The van der Waals surface area contributed by atoms with Crippen LogP contribution in [0.1, 0.15) is 35.4 Å². The van der Waals surface area contributed by atoms with Crippen LogP contribution in [-0.4, -0.2) is 0 Å². The van der Waals surface area contributed by atoms with E-state index in [4.69, 9.17) is 11.6 Å². The summed E-state index contributed by atoms with van der Waals surface area (Å²) >= 11 is 6.07. The molecule has 0 amide bonds. The molecule has 1 aliphatic carbocycles. The van der Waals surface area contributed by atoms with Crippen LogP contribution in [0.2, 0.25) is 5.02 Å². The van der Waals surface area contributed by atoms with Crippen molar-refractivity contribution < 1.29 is 0 Å². The van der Waals surface area contributed by atoms with E-state index in [-0.39, 0.29) is 0 Å². The van der Waals surface area contributed by atoms with Gasteiger partial charge in [0.1, 0.15) is 0 Å². The highest BCUT2D eigenvalue weighted by Gasteiger charge is 2.24. The largest absolute Gasteiger partial charge is 0.0838 e. The standard InChI is InChI=1S/C11H13Cl/c1-7-5-10(9-3-4-9)6-8(2)11(7)12/h5-6,9H,3-4H2,1-2H3. The van der Waals surface area contributed by atoms with Crippen LogP contribution in [0.5, 0.6) is 0 Å².